The molecule has 0 N–H and O–H groups in total. The van der Waals surface area contributed by atoms with Crippen molar-refractivity contribution in [2.75, 3.05) is 0 Å². The number of rotatable bonds is 2. The molecule has 1 aliphatic carbocycles. The van der Waals surface area contributed by atoms with Crippen LogP contribution < -0.4 is 0 Å². The minimum atomic E-state index is -0.578. The van der Waals surface area contributed by atoms with E-state index in [0.29, 0.717) is 17.9 Å². The van der Waals surface area contributed by atoms with E-state index in [9.17, 15) is 14.4 Å². The molecule has 5 heteroatoms. The summed E-state index contributed by atoms with van der Waals surface area (Å²) in [4.78, 5) is 41.1. The Morgan fingerprint density at radius 2 is 1.75 bits per heavy atom. The first-order valence-electron chi connectivity index (χ1n) is 6.53. The van der Waals surface area contributed by atoms with Crippen molar-refractivity contribution in [3.05, 3.63) is 47.5 Å². The van der Waals surface area contributed by atoms with Gasteiger partial charge < -0.3 is 4.84 Å². The molecule has 3 rings (SSSR count). The molecule has 20 heavy (non-hydrogen) atoms. The number of carbonyl (C=O) groups is 3. The summed E-state index contributed by atoms with van der Waals surface area (Å²) in [6.07, 6.45) is 5.99. The molecule has 1 aromatic rings. The Hall–Kier alpha value is -2.43. The molecule has 1 atom stereocenters. The summed E-state index contributed by atoms with van der Waals surface area (Å²) in [5, 5.41) is 0.575. The van der Waals surface area contributed by atoms with Crippen molar-refractivity contribution < 1.29 is 19.2 Å². The molecular formula is C15H13NO4. The second kappa shape index (κ2) is 4.92. The lowest BCUT2D eigenvalue weighted by molar-refractivity contribution is -0.174. The number of imide groups is 1. The van der Waals surface area contributed by atoms with Crippen LogP contribution in [0, 0.1) is 5.92 Å². The number of hydrogen-bond donors (Lipinski definition) is 0. The fourth-order valence-electron chi connectivity index (χ4n) is 2.42. The van der Waals surface area contributed by atoms with E-state index in [-0.39, 0.29) is 17.0 Å². The highest BCUT2D eigenvalue weighted by atomic mass is 16.7. The molecule has 0 unspecified atom stereocenters. The lowest BCUT2D eigenvalue weighted by atomic mass is 9.95. The summed E-state index contributed by atoms with van der Waals surface area (Å²) in [7, 11) is 0. The van der Waals surface area contributed by atoms with E-state index >= 15 is 0 Å². The summed E-state index contributed by atoms with van der Waals surface area (Å²) in [6, 6.07) is 6.43. The Morgan fingerprint density at radius 1 is 1.10 bits per heavy atom. The van der Waals surface area contributed by atoms with Gasteiger partial charge in [-0.3, -0.25) is 9.59 Å². The molecule has 1 heterocycles. The molecule has 5 nitrogen and oxygen atoms in total. The van der Waals surface area contributed by atoms with Crippen LogP contribution in [-0.4, -0.2) is 22.8 Å². The van der Waals surface area contributed by atoms with Crippen LogP contribution in [-0.2, 0) is 9.63 Å². The third kappa shape index (κ3) is 2.01. The predicted molar refractivity (Wildman–Crippen MR) is 69.5 cm³/mol. The van der Waals surface area contributed by atoms with Crippen molar-refractivity contribution >= 4 is 17.8 Å². The van der Waals surface area contributed by atoms with Gasteiger partial charge in [0.2, 0.25) is 0 Å². The van der Waals surface area contributed by atoms with E-state index < -0.39 is 17.8 Å². The zero-order valence-electron chi connectivity index (χ0n) is 10.7. The Bertz CT molecular complexity index is 585. The third-order valence-electron chi connectivity index (χ3n) is 3.54. The Balaban J connectivity index is 1.76. The lowest BCUT2D eigenvalue weighted by Crippen LogP contribution is -2.35. The zero-order valence-corrected chi connectivity index (χ0v) is 10.7. The summed E-state index contributed by atoms with van der Waals surface area (Å²) in [6.45, 7) is 0. The fourth-order valence-corrected chi connectivity index (χ4v) is 2.42. The number of hydroxylamine groups is 2. The van der Waals surface area contributed by atoms with Crippen LogP contribution in [0.4, 0.5) is 0 Å². The van der Waals surface area contributed by atoms with E-state index in [2.05, 4.69) is 0 Å². The number of amides is 2. The topological polar surface area (TPSA) is 63.7 Å². The molecule has 1 aromatic carbocycles. The van der Waals surface area contributed by atoms with Crippen molar-refractivity contribution in [3.8, 4) is 0 Å². The summed E-state index contributed by atoms with van der Waals surface area (Å²) >= 11 is 0. The van der Waals surface area contributed by atoms with Crippen LogP contribution in [0.15, 0.2) is 36.4 Å². The SMILES string of the molecule is O=C(ON1C(=O)c2ccccc2C1=O)[C@@H]1CC=CCC1. The van der Waals surface area contributed by atoms with Gasteiger partial charge in [0.15, 0.2) is 0 Å². The number of benzene rings is 1. The number of carbonyl (C=O) groups excluding carboxylic acids is 3. The highest BCUT2D eigenvalue weighted by molar-refractivity contribution is 6.20. The standard InChI is InChI=1S/C15H13NO4/c17-13-11-8-4-5-9-12(11)14(18)16(13)20-15(19)10-6-2-1-3-7-10/h1-2,4-5,8-10H,3,6-7H2/t10-/m1/s1. The number of nitrogens with zero attached hydrogens (tertiary/aromatic N) is 1. The van der Waals surface area contributed by atoms with Gasteiger partial charge in [-0.1, -0.05) is 29.3 Å². The van der Waals surface area contributed by atoms with Gasteiger partial charge >= 0.3 is 5.97 Å². The van der Waals surface area contributed by atoms with Crippen LogP contribution in [0.3, 0.4) is 0 Å². The van der Waals surface area contributed by atoms with Crippen molar-refractivity contribution in [3.63, 3.8) is 0 Å². The van der Waals surface area contributed by atoms with Gasteiger partial charge in [-0.2, -0.15) is 0 Å². The average Bonchev–Trinajstić information content (AvgIpc) is 2.74. The molecule has 0 fully saturated rings. The normalized spacial score (nSPS) is 21.0. The molecular weight excluding hydrogens is 258 g/mol. The van der Waals surface area contributed by atoms with E-state index in [0.717, 1.165) is 6.42 Å². The second-order valence-corrected chi connectivity index (χ2v) is 4.84. The molecule has 2 amide bonds. The molecule has 0 spiro atoms. The highest BCUT2D eigenvalue weighted by Gasteiger charge is 2.39. The Labute approximate surface area is 115 Å². The minimum absolute atomic E-state index is 0.272. The molecule has 0 saturated heterocycles. The molecule has 0 saturated carbocycles. The first kappa shape index (κ1) is 12.6. The van der Waals surface area contributed by atoms with Gasteiger partial charge in [-0.05, 0) is 31.4 Å². The summed E-state index contributed by atoms with van der Waals surface area (Å²) in [5.41, 5.74) is 0.544. The molecule has 1 aliphatic heterocycles. The van der Waals surface area contributed by atoms with Gasteiger partial charge in [0.25, 0.3) is 11.8 Å². The molecule has 0 radical (unpaired) electrons. The van der Waals surface area contributed by atoms with E-state index in [1.807, 2.05) is 12.2 Å². The number of hydrogen-bond acceptors (Lipinski definition) is 4. The van der Waals surface area contributed by atoms with Crippen LogP contribution >= 0.6 is 0 Å². The van der Waals surface area contributed by atoms with Crippen LogP contribution in [0.1, 0.15) is 40.0 Å². The van der Waals surface area contributed by atoms with Crippen molar-refractivity contribution in [2.45, 2.75) is 19.3 Å². The summed E-state index contributed by atoms with van der Waals surface area (Å²) < 4.78 is 0. The van der Waals surface area contributed by atoms with E-state index in [1.54, 1.807) is 24.3 Å². The Kier molecular flexibility index (Phi) is 3.10. The fraction of sp³-hybridized carbons (Fsp3) is 0.267. The van der Waals surface area contributed by atoms with Gasteiger partial charge in [-0.15, -0.1) is 0 Å². The molecule has 0 aromatic heterocycles. The summed E-state index contributed by atoms with van der Waals surface area (Å²) in [5.74, 6) is -1.97. The maximum Gasteiger partial charge on any atom is 0.336 e. The van der Waals surface area contributed by atoms with Crippen LogP contribution in [0.5, 0.6) is 0 Å². The van der Waals surface area contributed by atoms with Crippen molar-refractivity contribution in [2.24, 2.45) is 5.92 Å². The van der Waals surface area contributed by atoms with E-state index in [1.165, 1.54) is 0 Å². The monoisotopic (exact) mass is 271 g/mol. The second-order valence-electron chi connectivity index (χ2n) is 4.84. The Morgan fingerprint density at radius 3 is 2.30 bits per heavy atom. The molecule has 2 aliphatic rings. The maximum absolute atomic E-state index is 12.0. The average molecular weight is 271 g/mol. The van der Waals surface area contributed by atoms with Crippen LogP contribution in [0.25, 0.3) is 0 Å². The number of fused-ring (bicyclic) bond motifs is 1. The lowest BCUT2D eigenvalue weighted by Gasteiger charge is -2.19. The maximum atomic E-state index is 12.0. The van der Waals surface area contributed by atoms with Crippen LogP contribution in [0.2, 0.25) is 0 Å². The van der Waals surface area contributed by atoms with Gasteiger partial charge in [0.05, 0.1) is 17.0 Å². The highest BCUT2D eigenvalue weighted by Crippen LogP contribution is 2.25. The zero-order chi connectivity index (χ0) is 14.1. The minimum Gasteiger partial charge on any atom is -0.329 e. The first-order chi connectivity index (χ1) is 9.68. The predicted octanol–water partition coefficient (Wildman–Crippen LogP) is 2.10. The van der Waals surface area contributed by atoms with Crippen molar-refractivity contribution in [1.29, 1.82) is 0 Å². The molecule has 0 bridgehead atoms. The quantitative estimate of drug-likeness (QED) is 0.610. The smallest absolute Gasteiger partial charge is 0.329 e. The van der Waals surface area contributed by atoms with Crippen molar-refractivity contribution in [1.82, 2.24) is 5.06 Å². The third-order valence-corrected chi connectivity index (χ3v) is 3.54. The van der Waals surface area contributed by atoms with E-state index in [4.69, 9.17) is 4.84 Å². The van der Waals surface area contributed by atoms with Gasteiger partial charge in [0, 0.05) is 0 Å². The largest absolute Gasteiger partial charge is 0.336 e. The number of allylic oxidation sites excluding steroid dienone is 2. The first-order valence-corrected chi connectivity index (χ1v) is 6.53. The van der Waals surface area contributed by atoms with Gasteiger partial charge in [0.1, 0.15) is 0 Å². The van der Waals surface area contributed by atoms with Gasteiger partial charge in [-0.25, -0.2) is 4.79 Å². The molecule has 102 valence electrons.